The Balaban J connectivity index is 1.38. The van der Waals surface area contributed by atoms with Crippen molar-refractivity contribution in [3.8, 4) is 10.6 Å². The van der Waals surface area contributed by atoms with Crippen LogP contribution in [0.15, 0.2) is 47.0 Å². The zero-order valence-corrected chi connectivity index (χ0v) is 20.2. The van der Waals surface area contributed by atoms with Crippen LogP contribution in [0.2, 0.25) is 4.34 Å². The van der Waals surface area contributed by atoms with Crippen LogP contribution in [0.4, 0.5) is 0 Å². The minimum atomic E-state index is -0.150. The van der Waals surface area contributed by atoms with E-state index in [1.165, 1.54) is 11.3 Å². The molecule has 1 aliphatic rings. The van der Waals surface area contributed by atoms with E-state index in [9.17, 15) is 4.79 Å². The first-order valence-corrected chi connectivity index (χ1v) is 12.4. The molecule has 4 heterocycles. The van der Waals surface area contributed by atoms with Crippen LogP contribution in [0, 0.1) is 0 Å². The Labute approximate surface area is 201 Å². The Bertz CT molecular complexity index is 1270. The molecule has 9 heteroatoms. The van der Waals surface area contributed by atoms with E-state index in [2.05, 4.69) is 34.2 Å². The van der Waals surface area contributed by atoms with Gasteiger partial charge in [-0.15, -0.1) is 11.3 Å². The Morgan fingerprint density at radius 1 is 1.24 bits per heavy atom. The summed E-state index contributed by atoms with van der Waals surface area (Å²) in [6.07, 6.45) is 1.89. The minimum absolute atomic E-state index is 0.150. The number of fused-ring (bicyclic) bond motifs is 1. The van der Waals surface area contributed by atoms with Crippen molar-refractivity contribution >= 4 is 39.9 Å². The number of benzene rings is 1. The van der Waals surface area contributed by atoms with Crippen molar-refractivity contribution in [3.05, 3.63) is 58.3 Å². The highest BCUT2D eigenvalue weighted by Crippen LogP contribution is 2.31. The number of amides is 1. The van der Waals surface area contributed by atoms with Crippen LogP contribution in [0.25, 0.3) is 21.7 Å². The third-order valence-electron chi connectivity index (χ3n) is 6.15. The molecule has 1 aromatic carbocycles. The molecule has 0 spiro atoms. The summed E-state index contributed by atoms with van der Waals surface area (Å²) in [6.45, 7) is 6.80. The SMILES string of the molecule is CC(C)N1CCC(NC(=O)c2nc3ccccc3n2Cc2cc(-c3ccc(Cl)s3)on2)CC1. The third kappa shape index (κ3) is 4.69. The smallest absolute Gasteiger partial charge is 0.287 e. The summed E-state index contributed by atoms with van der Waals surface area (Å²) in [4.78, 5) is 21.3. The number of carbonyl (C=O) groups excluding carboxylic acids is 1. The Morgan fingerprint density at radius 2 is 2.03 bits per heavy atom. The third-order valence-corrected chi connectivity index (χ3v) is 7.39. The standard InChI is InChI=1S/C24H26ClN5O2S/c1-15(2)29-11-9-16(10-12-29)26-24(31)23-27-18-5-3-4-6-19(18)30(23)14-17-13-20(32-28-17)21-7-8-22(25)33-21/h3-8,13,15-16H,9-12,14H2,1-2H3,(H,26,31). The van der Waals surface area contributed by atoms with Crippen molar-refractivity contribution in [1.29, 1.82) is 0 Å². The first-order chi connectivity index (χ1) is 16.0. The van der Waals surface area contributed by atoms with Gasteiger partial charge in [0.05, 0.1) is 26.8 Å². The summed E-state index contributed by atoms with van der Waals surface area (Å²) >= 11 is 7.49. The zero-order chi connectivity index (χ0) is 22.9. The van der Waals surface area contributed by atoms with Gasteiger partial charge >= 0.3 is 0 Å². The number of hydrogen-bond acceptors (Lipinski definition) is 6. The number of para-hydroxylation sites is 2. The molecule has 0 atom stereocenters. The first-order valence-electron chi connectivity index (χ1n) is 11.2. The lowest BCUT2D eigenvalue weighted by Crippen LogP contribution is -2.47. The molecule has 3 aromatic heterocycles. The van der Waals surface area contributed by atoms with Gasteiger partial charge < -0.3 is 19.3 Å². The van der Waals surface area contributed by atoms with Crippen LogP contribution in [-0.2, 0) is 6.54 Å². The molecule has 0 saturated carbocycles. The number of likely N-dealkylation sites (tertiary alicyclic amines) is 1. The number of thiophene rings is 1. The lowest BCUT2D eigenvalue weighted by molar-refractivity contribution is 0.0887. The number of carbonyl (C=O) groups is 1. The zero-order valence-electron chi connectivity index (χ0n) is 18.6. The van der Waals surface area contributed by atoms with Gasteiger partial charge in [-0.05, 0) is 51.0 Å². The summed E-state index contributed by atoms with van der Waals surface area (Å²) in [7, 11) is 0. The molecule has 0 aliphatic carbocycles. The average Bonchev–Trinajstić information content (AvgIpc) is 3.53. The van der Waals surface area contributed by atoms with Gasteiger partial charge in [0.1, 0.15) is 5.69 Å². The molecule has 1 amide bonds. The number of nitrogens with one attached hydrogen (secondary N) is 1. The molecule has 33 heavy (non-hydrogen) atoms. The molecule has 1 N–H and O–H groups in total. The summed E-state index contributed by atoms with van der Waals surface area (Å²) in [5.41, 5.74) is 2.39. The van der Waals surface area contributed by atoms with Crippen molar-refractivity contribution in [2.45, 2.75) is 45.3 Å². The van der Waals surface area contributed by atoms with Crippen LogP contribution in [0.1, 0.15) is 43.0 Å². The molecule has 0 unspecified atom stereocenters. The van der Waals surface area contributed by atoms with E-state index in [-0.39, 0.29) is 11.9 Å². The maximum atomic E-state index is 13.3. The minimum Gasteiger partial charge on any atom is -0.355 e. The molecule has 5 rings (SSSR count). The maximum absolute atomic E-state index is 13.3. The largest absolute Gasteiger partial charge is 0.355 e. The molecule has 7 nitrogen and oxygen atoms in total. The predicted molar refractivity (Wildman–Crippen MR) is 131 cm³/mol. The molecule has 1 fully saturated rings. The average molecular weight is 484 g/mol. The highest BCUT2D eigenvalue weighted by atomic mass is 35.5. The Hall–Kier alpha value is -2.68. The molecule has 1 aliphatic heterocycles. The van der Waals surface area contributed by atoms with Crippen LogP contribution < -0.4 is 5.32 Å². The van der Waals surface area contributed by atoms with E-state index < -0.39 is 0 Å². The van der Waals surface area contributed by atoms with Gasteiger partial charge in [0.15, 0.2) is 11.6 Å². The van der Waals surface area contributed by atoms with E-state index in [1.807, 2.05) is 47.0 Å². The second-order valence-corrected chi connectivity index (χ2v) is 10.4. The molecule has 0 bridgehead atoms. The summed E-state index contributed by atoms with van der Waals surface area (Å²) in [5, 5.41) is 7.44. The number of halogens is 1. The number of piperidine rings is 1. The molecule has 0 radical (unpaired) electrons. The number of rotatable bonds is 6. The monoisotopic (exact) mass is 483 g/mol. The van der Waals surface area contributed by atoms with Crippen LogP contribution in [0.5, 0.6) is 0 Å². The maximum Gasteiger partial charge on any atom is 0.287 e. The highest BCUT2D eigenvalue weighted by Gasteiger charge is 2.25. The number of imidazole rings is 1. The van der Waals surface area contributed by atoms with Crippen molar-refractivity contribution in [1.82, 2.24) is 24.9 Å². The van der Waals surface area contributed by atoms with Gasteiger partial charge in [-0.3, -0.25) is 4.79 Å². The Kier molecular flexibility index (Phi) is 6.23. The topological polar surface area (TPSA) is 76.2 Å². The van der Waals surface area contributed by atoms with Crippen LogP contribution in [-0.4, -0.2) is 50.7 Å². The van der Waals surface area contributed by atoms with Crippen LogP contribution in [0.3, 0.4) is 0 Å². The van der Waals surface area contributed by atoms with Crippen molar-refractivity contribution in [3.63, 3.8) is 0 Å². The molecular formula is C24H26ClN5O2S. The van der Waals surface area contributed by atoms with Crippen molar-refractivity contribution in [2.24, 2.45) is 0 Å². The summed E-state index contributed by atoms with van der Waals surface area (Å²) in [5.74, 6) is 0.906. The first kappa shape index (κ1) is 22.1. The fourth-order valence-electron chi connectivity index (χ4n) is 4.33. The number of aromatic nitrogens is 3. The van der Waals surface area contributed by atoms with E-state index in [0.717, 1.165) is 47.5 Å². The van der Waals surface area contributed by atoms with E-state index >= 15 is 0 Å². The summed E-state index contributed by atoms with van der Waals surface area (Å²) < 4.78 is 8.15. The van der Waals surface area contributed by atoms with Gasteiger partial charge in [0, 0.05) is 31.2 Å². The van der Waals surface area contributed by atoms with Gasteiger partial charge in [0.2, 0.25) is 0 Å². The second kappa shape index (κ2) is 9.29. The highest BCUT2D eigenvalue weighted by molar-refractivity contribution is 7.19. The fraction of sp³-hybridized carbons (Fsp3) is 0.375. The van der Waals surface area contributed by atoms with Gasteiger partial charge in [-0.25, -0.2) is 4.98 Å². The fourth-order valence-corrected chi connectivity index (χ4v) is 5.32. The molecule has 4 aromatic rings. The van der Waals surface area contributed by atoms with E-state index in [0.29, 0.717) is 28.5 Å². The van der Waals surface area contributed by atoms with Crippen molar-refractivity contribution < 1.29 is 9.32 Å². The molecule has 1 saturated heterocycles. The predicted octanol–water partition coefficient (Wildman–Crippen LogP) is 5.06. The molecule has 172 valence electrons. The van der Waals surface area contributed by atoms with Crippen molar-refractivity contribution in [2.75, 3.05) is 13.1 Å². The lowest BCUT2D eigenvalue weighted by Gasteiger charge is -2.34. The van der Waals surface area contributed by atoms with Gasteiger partial charge in [0.25, 0.3) is 5.91 Å². The van der Waals surface area contributed by atoms with E-state index in [1.54, 1.807) is 0 Å². The molecular weight excluding hydrogens is 458 g/mol. The quantitative estimate of drug-likeness (QED) is 0.415. The van der Waals surface area contributed by atoms with Gasteiger partial charge in [-0.1, -0.05) is 28.9 Å². The second-order valence-electron chi connectivity index (χ2n) is 8.67. The lowest BCUT2D eigenvalue weighted by atomic mass is 10.0. The normalized spacial score (nSPS) is 15.5. The number of nitrogens with zero attached hydrogens (tertiary/aromatic N) is 4. The summed E-state index contributed by atoms with van der Waals surface area (Å²) in [6, 6.07) is 14.1. The number of hydrogen-bond donors (Lipinski definition) is 1. The van der Waals surface area contributed by atoms with Crippen LogP contribution >= 0.6 is 22.9 Å². The van der Waals surface area contributed by atoms with E-state index in [4.69, 9.17) is 16.1 Å². The Morgan fingerprint density at radius 3 is 2.76 bits per heavy atom. The van der Waals surface area contributed by atoms with Gasteiger partial charge in [-0.2, -0.15) is 0 Å².